The Balaban J connectivity index is 2.60. The van der Waals surface area contributed by atoms with Gasteiger partial charge in [0.2, 0.25) is 5.75 Å². The van der Waals surface area contributed by atoms with Gasteiger partial charge in [0, 0.05) is 0 Å². The van der Waals surface area contributed by atoms with Crippen LogP contribution in [0.4, 0.5) is 0 Å². The molecule has 0 aliphatic carbocycles. The zero-order valence-corrected chi connectivity index (χ0v) is 18.1. The van der Waals surface area contributed by atoms with Gasteiger partial charge in [-0.1, -0.05) is 84.6 Å². The number of benzene rings is 1. The summed E-state index contributed by atoms with van der Waals surface area (Å²) in [4.78, 5) is 0. The summed E-state index contributed by atoms with van der Waals surface area (Å²) in [5.41, 5.74) is 0. The van der Waals surface area contributed by atoms with Gasteiger partial charge in [-0.3, -0.25) is 0 Å². The zero-order chi connectivity index (χ0) is 19.6. The van der Waals surface area contributed by atoms with Crippen LogP contribution in [0.1, 0.15) is 97.8 Å². The molecule has 0 saturated heterocycles. The van der Waals surface area contributed by atoms with E-state index in [0.717, 1.165) is 56.3 Å². The van der Waals surface area contributed by atoms with Gasteiger partial charge in [0.25, 0.3) is 0 Å². The molecule has 0 radical (unpaired) electrons. The molecule has 0 unspecified atom stereocenters. The van der Waals surface area contributed by atoms with E-state index >= 15 is 0 Å². The van der Waals surface area contributed by atoms with Crippen molar-refractivity contribution in [2.75, 3.05) is 19.8 Å². The first-order valence-electron chi connectivity index (χ1n) is 11.3. The monoisotopic (exact) mass is 378 g/mol. The summed E-state index contributed by atoms with van der Waals surface area (Å²) in [6.45, 7) is 8.90. The molecule has 27 heavy (non-hydrogen) atoms. The molecular formula is C24H42O3. The van der Waals surface area contributed by atoms with E-state index in [1.54, 1.807) is 0 Å². The summed E-state index contributed by atoms with van der Waals surface area (Å²) in [5.74, 6) is 2.45. The van der Waals surface area contributed by atoms with Crippen LogP contribution in [0.2, 0.25) is 0 Å². The van der Waals surface area contributed by atoms with Crippen molar-refractivity contribution in [2.45, 2.75) is 97.8 Å². The summed E-state index contributed by atoms with van der Waals surface area (Å²) in [7, 11) is 0. The van der Waals surface area contributed by atoms with Crippen molar-refractivity contribution in [2.24, 2.45) is 0 Å². The molecule has 3 heteroatoms. The fourth-order valence-electron chi connectivity index (χ4n) is 2.99. The summed E-state index contributed by atoms with van der Waals surface area (Å²) in [6.07, 6.45) is 14.4. The summed E-state index contributed by atoms with van der Waals surface area (Å²) in [5, 5.41) is 0. The third-order valence-electron chi connectivity index (χ3n) is 4.70. The molecule has 0 aliphatic heterocycles. The zero-order valence-electron chi connectivity index (χ0n) is 18.1. The third kappa shape index (κ3) is 11.1. The molecule has 0 bridgehead atoms. The average molecular weight is 379 g/mol. The molecule has 1 aromatic rings. The van der Waals surface area contributed by atoms with Crippen LogP contribution < -0.4 is 14.2 Å². The maximum Gasteiger partial charge on any atom is 0.203 e. The lowest BCUT2D eigenvalue weighted by Gasteiger charge is -2.17. The molecule has 3 nitrogen and oxygen atoms in total. The standard InChI is InChI=1S/C24H42O3/c1-4-7-10-13-19-25-22-17-16-18-23(26-20-14-11-8-5-2)24(22)27-21-15-12-9-6-3/h16-18H,4-15,19-21H2,1-3H3. The van der Waals surface area contributed by atoms with E-state index in [1.165, 1.54) is 57.8 Å². The van der Waals surface area contributed by atoms with Crippen LogP contribution in [-0.4, -0.2) is 19.8 Å². The number of rotatable bonds is 18. The van der Waals surface area contributed by atoms with E-state index in [1.807, 2.05) is 18.2 Å². The van der Waals surface area contributed by atoms with Crippen molar-refractivity contribution < 1.29 is 14.2 Å². The molecule has 1 aromatic carbocycles. The van der Waals surface area contributed by atoms with Crippen LogP contribution in [0, 0.1) is 0 Å². The van der Waals surface area contributed by atoms with Gasteiger partial charge >= 0.3 is 0 Å². The predicted octanol–water partition coefficient (Wildman–Crippen LogP) is 7.56. The Morgan fingerprint density at radius 2 is 0.926 bits per heavy atom. The largest absolute Gasteiger partial charge is 0.490 e. The molecule has 156 valence electrons. The van der Waals surface area contributed by atoms with E-state index in [-0.39, 0.29) is 0 Å². The van der Waals surface area contributed by atoms with Gasteiger partial charge in [-0.05, 0) is 31.4 Å². The second-order valence-electron chi connectivity index (χ2n) is 7.31. The molecule has 0 atom stereocenters. The van der Waals surface area contributed by atoms with Crippen molar-refractivity contribution in [3.8, 4) is 17.2 Å². The lowest BCUT2D eigenvalue weighted by atomic mass is 10.2. The third-order valence-corrected chi connectivity index (χ3v) is 4.70. The van der Waals surface area contributed by atoms with Crippen LogP contribution in [0.5, 0.6) is 17.2 Å². The minimum atomic E-state index is 0.725. The van der Waals surface area contributed by atoms with E-state index in [4.69, 9.17) is 14.2 Å². The Hall–Kier alpha value is -1.38. The lowest BCUT2D eigenvalue weighted by Crippen LogP contribution is -2.06. The van der Waals surface area contributed by atoms with E-state index in [0.29, 0.717) is 0 Å². The molecule has 0 fully saturated rings. The highest BCUT2D eigenvalue weighted by molar-refractivity contribution is 5.51. The summed E-state index contributed by atoms with van der Waals surface area (Å²) < 4.78 is 18.2. The van der Waals surface area contributed by atoms with Gasteiger partial charge in [-0.15, -0.1) is 0 Å². The van der Waals surface area contributed by atoms with Crippen LogP contribution in [-0.2, 0) is 0 Å². The summed E-state index contributed by atoms with van der Waals surface area (Å²) >= 11 is 0. The highest BCUT2D eigenvalue weighted by Gasteiger charge is 2.13. The number of unbranched alkanes of at least 4 members (excludes halogenated alkanes) is 9. The van der Waals surface area contributed by atoms with Crippen molar-refractivity contribution in [3.05, 3.63) is 18.2 Å². The topological polar surface area (TPSA) is 27.7 Å². The highest BCUT2D eigenvalue weighted by Crippen LogP contribution is 2.37. The van der Waals surface area contributed by atoms with Crippen molar-refractivity contribution in [3.63, 3.8) is 0 Å². The van der Waals surface area contributed by atoms with Crippen LogP contribution >= 0.6 is 0 Å². The quantitative estimate of drug-likeness (QED) is 0.247. The molecule has 0 N–H and O–H groups in total. The van der Waals surface area contributed by atoms with Gasteiger partial charge in [-0.2, -0.15) is 0 Å². The summed E-state index contributed by atoms with van der Waals surface area (Å²) in [6, 6.07) is 6.02. The van der Waals surface area contributed by atoms with Crippen molar-refractivity contribution >= 4 is 0 Å². The van der Waals surface area contributed by atoms with Crippen molar-refractivity contribution in [1.82, 2.24) is 0 Å². The molecule has 0 aromatic heterocycles. The van der Waals surface area contributed by atoms with E-state index < -0.39 is 0 Å². The minimum absolute atomic E-state index is 0.725. The van der Waals surface area contributed by atoms with Gasteiger partial charge < -0.3 is 14.2 Å². The Kier molecular flexibility index (Phi) is 14.7. The molecule has 0 aliphatic rings. The molecular weight excluding hydrogens is 336 g/mol. The first-order chi connectivity index (χ1) is 13.3. The second kappa shape index (κ2) is 16.8. The van der Waals surface area contributed by atoms with E-state index in [2.05, 4.69) is 20.8 Å². The molecule has 0 saturated carbocycles. The lowest BCUT2D eigenvalue weighted by molar-refractivity contribution is 0.234. The fourth-order valence-corrected chi connectivity index (χ4v) is 2.99. The number of hydrogen-bond donors (Lipinski definition) is 0. The number of ether oxygens (including phenoxy) is 3. The van der Waals surface area contributed by atoms with Crippen molar-refractivity contribution in [1.29, 1.82) is 0 Å². The highest BCUT2D eigenvalue weighted by atomic mass is 16.5. The smallest absolute Gasteiger partial charge is 0.203 e. The first kappa shape index (κ1) is 23.7. The molecule has 0 amide bonds. The Bertz CT molecular complexity index is 427. The van der Waals surface area contributed by atoms with Gasteiger partial charge in [-0.25, -0.2) is 0 Å². The van der Waals surface area contributed by atoms with Crippen LogP contribution in [0.3, 0.4) is 0 Å². The molecule has 1 rings (SSSR count). The SMILES string of the molecule is CCCCCCOc1cccc(OCCCCCC)c1OCCCCCC. The Morgan fingerprint density at radius 1 is 0.519 bits per heavy atom. The Labute approximate surface area is 167 Å². The van der Waals surface area contributed by atoms with Crippen LogP contribution in [0.15, 0.2) is 18.2 Å². The average Bonchev–Trinajstić information content (AvgIpc) is 2.68. The van der Waals surface area contributed by atoms with Gasteiger partial charge in [0.1, 0.15) is 0 Å². The van der Waals surface area contributed by atoms with Crippen LogP contribution in [0.25, 0.3) is 0 Å². The molecule has 0 spiro atoms. The fraction of sp³-hybridized carbons (Fsp3) is 0.750. The number of para-hydroxylation sites is 1. The normalized spacial score (nSPS) is 10.8. The maximum atomic E-state index is 6.12. The maximum absolute atomic E-state index is 6.12. The van der Waals surface area contributed by atoms with E-state index in [9.17, 15) is 0 Å². The second-order valence-corrected chi connectivity index (χ2v) is 7.31. The number of hydrogen-bond acceptors (Lipinski definition) is 3. The molecule has 0 heterocycles. The first-order valence-corrected chi connectivity index (χ1v) is 11.3. The Morgan fingerprint density at radius 3 is 1.33 bits per heavy atom. The minimum Gasteiger partial charge on any atom is -0.490 e. The predicted molar refractivity (Wildman–Crippen MR) is 115 cm³/mol. The van der Waals surface area contributed by atoms with Gasteiger partial charge in [0.05, 0.1) is 19.8 Å². The van der Waals surface area contributed by atoms with Gasteiger partial charge in [0.15, 0.2) is 11.5 Å².